The number of benzene rings is 1. The molecule has 1 atom stereocenters. The van der Waals surface area contributed by atoms with Gasteiger partial charge in [0, 0.05) is 19.0 Å². The van der Waals surface area contributed by atoms with Crippen molar-refractivity contribution in [3.63, 3.8) is 0 Å². The van der Waals surface area contributed by atoms with Crippen LogP contribution in [0.5, 0.6) is 5.75 Å². The van der Waals surface area contributed by atoms with E-state index in [1.165, 1.54) is 11.1 Å². The molecule has 3 N–H and O–H groups in total. The van der Waals surface area contributed by atoms with Gasteiger partial charge in [-0.05, 0) is 37.5 Å². The lowest BCUT2D eigenvalue weighted by molar-refractivity contribution is -0.125. The van der Waals surface area contributed by atoms with E-state index in [9.17, 15) is 4.79 Å². The summed E-state index contributed by atoms with van der Waals surface area (Å²) < 4.78 is 5.53. The highest BCUT2D eigenvalue weighted by atomic mass is 16.5. The van der Waals surface area contributed by atoms with Crippen molar-refractivity contribution < 1.29 is 9.53 Å². The lowest BCUT2D eigenvalue weighted by atomic mass is 9.91. The quantitative estimate of drug-likeness (QED) is 0.837. The molecule has 0 unspecified atom stereocenters. The van der Waals surface area contributed by atoms with Gasteiger partial charge in [-0.25, -0.2) is 0 Å². The highest BCUT2D eigenvalue weighted by Gasteiger charge is 2.26. The van der Waals surface area contributed by atoms with E-state index in [0.29, 0.717) is 6.54 Å². The van der Waals surface area contributed by atoms with Crippen molar-refractivity contribution in [2.24, 2.45) is 11.1 Å². The van der Waals surface area contributed by atoms with Gasteiger partial charge in [0.1, 0.15) is 5.75 Å². The van der Waals surface area contributed by atoms with Crippen molar-refractivity contribution in [1.29, 1.82) is 0 Å². The number of ether oxygens (including phenoxy) is 1. The van der Waals surface area contributed by atoms with E-state index in [4.69, 9.17) is 10.5 Å². The third-order valence-corrected chi connectivity index (χ3v) is 3.98. The summed E-state index contributed by atoms with van der Waals surface area (Å²) in [5.74, 6) is 0.725. The Morgan fingerprint density at radius 3 is 2.90 bits per heavy atom. The predicted molar refractivity (Wildman–Crippen MR) is 79.7 cm³/mol. The minimum absolute atomic E-state index is 0.236. The van der Waals surface area contributed by atoms with Gasteiger partial charge in [0.15, 0.2) is 0 Å². The highest BCUT2D eigenvalue weighted by Crippen LogP contribution is 2.29. The highest BCUT2D eigenvalue weighted by molar-refractivity contribution is 5.80. The molecule has 1 aromatic rings. The zero-order chi connectivity index (χ0) is 14.8. The number of nitrogens with one attached hydrogen (secondary N) is 1. The molecule has 0 saturated carbocycles. The molecule has 1 heterocycles. The lowest BCUT2D eigenvalue weighted by Gasteiger charge is -2.25. The maximum atomic E-state index is 11.4. The van der Waals surface area contributed by atoms with Gasteiger partial charge >= 0.3 is 0 Å². The number of rotatable bonds is 6. The zero-order valence-electron chi connectivity index (χ0n) is 12.5. The molecule has 1 aromatic carbocycles. The van der Waals surface area contributed by atoms with Crippen LogP contribution in [0.25, 0.3) is 0 Å². The van der Waals surface area contributed by atoms with E-state index in [2.05, 4.69) is 24.4 Å². The van der Waals surface area contributed by atoms with Crippen LogP contribution in [0.1, 0.15) is 44.4 Å². The fourth-order valence-electron chi connectivity index (χ4n) is 2.39. The maximum Gasteiger partial charge on any atom is 0.224 e. The average molecular weight is 276 g/mol. The van der Waals surface area contributed by atoms with Crippen LogP contribution in [0.4, 0.5) is 0 Å². The Bertz CT molecular complexity index is 497. The average Bonchev–Trinajstić information content (AvgIpc) is 2.86. The molecule has 20 heavy (non-hydrogen) atoms. The molecule has 0 aliphatic carbocycles. The van der Waals surface area contributed by atoms with Crippen LogP contribution in [-0.2, 0) is 11.2 Å². The fraction of sp³-hybridized carbons (Fsp3) is 0.562. The van der Waals surface area contributed by atoms with Crippen molar-refractivity contribution in [1.82, 2.24) is 5.32 Å². The molecule has 4 nitrogen and oxygen atoms in total. The zero-order valence-corrected chi connectivity index (χ0v) is 12.5. The van der Waals surface area contributed by atoms with Gasteiger partial charge in [-0.1, -0.05) is 19.1 Å². The van der Waals surface area contributed by atoms with Crippen LogP contribution in [0.15, 0.2) is 18.2 Å². The van der Waals surface area contributed by atoms with E-state index in [-0.39, 0.29) is 11.9 Å². The Kier molecular flexibility index (Phi) is 4.33. The second-order valence-corrected chi connectivity index (χ2v) is 6.06. The van der Waals surface area contributed by atoms with Crippen LogP contribution in [0.2, 0.25) is 0 Å². The maximum absolute atomic E-state index is 11.4. The Labute approximate surface area is 120 Å². The van der Waals surface area contributed by atoms with Crippen LogP contribution < -0.4 is 15.8 Å². The topological polar surface area (TPSA) is 64.3 Å². The van der Waals surface area contributed by atoms with E-state index in [1.54, 1.807) is 0 Å². The van der Waals surface area contributed by atoms with Crippen molar-refractivity contribution >= 4 is 5.91 Å². The van der Waals surface area contributed by atoms with E-state index < -0.39 is 5.41 Å². The van der Waals surface area contributed by atoms with Gasteiger partial charge in [0.2, 0.25) is 5.91 Å². The summed E-state index contributed by atoms with van der Waals surface area (Å²) in [6.45, 7) is 7.22. The molecule has 0 radical (unpaired) electrons. The lowest BCUT2D eigenvalue weighted by Crippen LogP contribution is -2.41. The van der Waals surface area contributed by atoms with Gasteiger partial charge in [-0.15, -0.1) is 0 Å². The summed E-state index contributed by atoms with van der Waals surface area (Å²) in [7, 11) is 0. The van der Waals surface area contributed by atoms with Gasteiger partial charge in [0.25, 0.3) is 0 Å². The summed E-state index contributed by atoms with van der Waals surface area (Å²) in [6.07, 6.45) is 1.95. The molecule has 1 amide bonds. The first-order valence-corrected chi connectivity index (χ1v) is 7.23. The van der Waals surface area contributed by atoms with Crippen LogP contribution in [-0.4, -0.2) is 19.1 Å². The summed E-state index contributed by atoms with van der Waals surface area (Å²) in [5.41, 5.74) is 7.40. The SMILES string of the molecule is CC[C@@H](NCC(C)(C)C(N)=O)c1ccc2c(c1)CCO2. The molecule has 0 saturated heterocycles. The van der Waals surface area contributed by atoms with E-state index in [1.807, 2.05) is 19.9 Å². The normalized spacial score (nSPS) is 15.6. The second kappa shape index (κ2) is 5.83. The molecule has 0 aromatic heterocycles. The predicted octanol–water partition coefficient (Wildman–Crippen LogP) is 2.17. The molecular formula is C16H24N2O2. The second-order valence-electron chi connectivity index (χ2n) is 6.06. The minimum atomic E-state index is -0.534. The molecule has 1 aliphatic heterocycles. The number of amides is 1. The largest absolute Gasteiger partial charge is 0.493 e. The standard InChI is InChI=1S/C16H24N2O2/c1-4-13(18-10-16(2,3)15(17)19)11-5-6-14-12(9-11)7-8-20-14/h5-6,9,13,18H,4,7-8,10H2,1-3H3,(H2,17,19)/t13-/m1/s1. The van der Waals surface area contributed by atoms with E-state index >= 15 is 0 Å². The van der Waals surface area contributed by atoms with Gasteiger partial charge in [0.05, 0.1) is 12.0 Å². The number of hydrogen-bond acceptors (Lipinski definition) is 3. The first kappa shape index (κ1) is 14.9. The van der Waals surface area contributed by atoms with Gasteiger partial charge in [-0.3, -0.25) is 4.79 Å². The third-order valence-electron chi connectivity index (χ3n) is 3.98. The molecule has 2 rings (SSSR count). The number of carbonyl (C=O) groups is 1. The summed E-state index contributed by atoms with van der Waals surface area (Å²) in [6, 6.07) is 6.59. The molecule has 4 heteroatoms. The number of carbonyl (C=O) groups excluding carboxylic acids is 1. The van der Waals surface area contributed by atoms with Crippen LogP contribution in [0, 0.1) is 5.41 Å². The van der Waals surface area contributed by atoms with Crippen molar-refractivity contribution in [2.75, 3.05) is 13.2 Å². The number of fused-ring (bicyclic) bond motifs is 1. The summed E-state index contributed by atoms with van der Waals surface area (Å²) in [5, 5.41) is 3.46. The fourth-order valence-corrected chi connectivity index (χ4v) is 2.39. The molecule has 1 aliphatic rings. The Hall–Kier alpha value is -1.55. The van der Waals surface area contributed by atoms with Crippen molar-refractivity contribution in [2.45, 2.75) is 39.7 Å². The monoisotopic (exact) mass is 276 g/mol. The summed E-state index contributed by atoms with van der Waals surface area (Å²) in [4.78, 5) is 11.4. The smallest absolute Gasteiger partial charge is 0.224 e. The number of hydrogen-bond donors (Lipinski definition) is 2. The van der Waals surface area contributed by atoms with Gasteiger partial charge in [-0.2, -0.15) is 0 Å². The van der Waals surface area contributed by atoms with Crippen molar-refractivity contribution in [3.8, 4) is 5.75 Å². The van der Waals surface area contributed by atoms with Crippen LogP contribution >= 0.6 is 0 Å². The number of primary amides is 1. The Balaban J connectivity index is 2.07. The first-order chi connectivity index (χ1) is 9.44. The van der Waals surface area contributed by atoms with Gasteiger partial charge < -0.3 is 15.8 Å². The minimum Gasteiger partial charge on any atom is -0.493 e. The van der Waals surface area contributed by atoms with Crippen molar-refractivity contribution in [3.05, 3.63) is 29.3 Å². The Morgan fingerprint density at radius 2 is 2.25 bits per heavy atom. The Morgan fingerprint density at radius 1 is 1.50 bits per heavy atom. The van der Waals surface area contributed by atoms with Crippen LogP contribution in [0.3, 0.4) is 0 Å². The van der Waals surface area contributed by atoms with E-state index in [0.717, 1.165) is 25.2 Å². The molecule has 0 spiro atoms. The first-order valence-electron chi connectivity index (χ1n) is 7.23. The molecule has 110 valence electrons. The third kappa shape index (κ3) is 3.12. The number of nitrogens with two attached hydrogens (primary N) is 1. The summed E-state index contributed by atoms with van der Waals surface area (Å²) >= 11 is 0. The molecule has 0 bridgehead atoms. The molecular weight excluding hydrogens is 252 g/mol. The molecule has 0 fully saturated rings.